The van der Waals surface area contributed by atoms with E-state index in [0.717, 1.165) is 24.1 Å². The summed E-state index contributed by atoms with van der Waals surface area (Å²) in [5, 5.41) is 6.30. The molecule has 3 rings (SSSR count). The van der Waals surface area contributed by atoms with Gasteiger partial charge in [0.1, 0.15) is 0 Å². The third-order valence-electron chi connectivity index (χ3n) is 2.87. The van der Waals surface area contributed by atoms with Gasteiger partial charge in [0, 0.05) is 5.56 Å². The third kappa shape index (κ3) is 0.960. The number of hydrogen-bond donors (Lipinski definition) is 2. The number of para-hydroxylation sites is 1. The van der Waals surface area contributed by atoms with Crippen LogP contribution in [0.1, 0.15) is 18.4 Å². The molecule has 1 heterocycles. The number of halogens is 1. The molecule has 1 aliphatic carbocycles. The zero-order valence-corrected chi connectivity index (χ0v) is 8.19. The Morgan fingerprint density at radius 3 is 2.86 bits per heavy atom. The van der Waals surface area contributed by atoms with E-state index >= 15 is 0 Å². The normalized spacial score (nSPS) is 21.1. The fraction of sp³-hybridized carbons (Fsp3) is 0.300. The van der Waals surface area contributed by atoms with Crippen LogP contribution in [0.2, 0.25) is 5.02 Å². The summed E-state index contributed by atoms with van der Waals surface area (Å²) < 4.78 is 0. The van der Waals surface area contributed by atoms with Gasteiger partial charge >= 0.3 is 6.03 Å². The Kier molecular flexibility index (Phi) is 1.40. The Balaban J connectivity index is 2.21. The van der Waals surface area contributed by atoms with Crippen LogP contribution in [0.3, 0.4) is 0 Å². The highest BCUT2D eigenvalue weighted by atomic mass is 35.5. The van der Waals surface area contributed by atoms with E-state index < -0.39 is 0 Å². The zero-order chi connectivity index (χ0) is 9.76. The first-order valence-electron chi connectivity index (χ1n) is 4.59. The lowest BCUT2D eigenvalue weighted by Gasteiger charge is -2.27. The number of carbonyl (C=O) groups is 1. The monoisotopic (exact) mass is 208 g/mol. The minimum atomic E-state index is -0.150. The van der Waals surface area contributed by atoms with E-state index in [2.05, 4.69) is 10.6 Å². The largest absolute Gasteiger partial charge is 0.328 e. The van der Waals surface area contributed by atoms with Gasteiger partial charge in [-0.1, -0.05) is 23.7 Å². The molecule has 14 heavy (non-hydrogen) atoms. The first kappa shape index (κ1) is 8.12. The van der Waals surface area contributed by atoms with Gasteiger partial charge in [-0.2, -0.15) is 0 Å². The van der Waals surface area contributed by atoms with Gasteiger partial charge in [-0.05, 0) is 18.9 Å². The molecule has 1 saturated carbocycles. The van der Waals surface area contributed by atoms with Gasteiger partial charge in [0.25, 0.3) is 0 Å². The van der Waals surface area contributed by atoms with E-state index in [-0.39, 0.29) is 11.6 Å². The number of carbonyl (C=O) groups excluding carboxylic acids is 1. The molecule has 1 aromatic carbocycles. The molecule has 1 fully saturated rings. The minimum Gasteiger partial charge on any atom is -0.328 e. The highest BCUT2D eigenvalue weighted by Crippen LogP contribution is 2.51. The van der Waals surface area contributed by atoms with Crippen molar-refractivity contribution >= 4 is 23.3 Å². The molecule has 0 aromatic heterocycles. The Bertz CT molecular complexity index is 426. The Hall–Kier alpha value is -1.22. The van der Waals surface area contributed by atoms with Gasteiger partial charge in [0.05, 0.1) is 16.2 Å². The first-order chi connectivity index (χ1) is 6.71. The average molecular weight is 209 g/mol. The van der Waals surface area contributed by atoms with Gasteiger partial charge in [-0.25, -0.2) is 4.79 Å². The van der Waals surface area contributed by atoms with E-state index in [1.807, 2.05) is 12.1 Å². The summed E-state index contributed by atoms with van der Waals surface area (Å²) in [7, 11) is 0. The van der Waals surface area contributed by atoms with Crippen molar-refractivity contribution in [3.8, 4) is 0 Å². The van der Waals surface area contributed by atoms with Crippen molar-refractivity contribution in [3.05, 3.63) is 28.8 Å². The summed E-state index contributed by atoms with van der Waals surface area (Å²) in [6.45, 7) is 0. The molecule has 0 unspecified atom stereocenters. The molecule has 2 aliphatic rings. The summed E-state index contributed by atoms with van der Waals surface area (Å²) in [6, 6.07) is 5.58. The summed E-state index contributed by atoms with van der Waals surface area (Å²) in [5.74, 6) is 0. The molecule has 3 nitrogen and oxygen atoms in total. The molecule has 0 radical (unpaired) electrons. The quantitative estimate of drug-likeness (QED) is 0.676. The number of amides is 2. The van der Waals surface area contributed by atoms with Crippen LogP contribution in [0.4, 0.5) is 10.5 Å². The summed E-state index contributed by atoms with van der Waals surface area (Å²) >= 11 is 6.02. The molecule has 1 aromatic rings. The predicted octanol–water partition coefficient (Wildman–Crippen LogP) is 2.46. The standard InChI is InChI=1S/C10H9ClN2O/c11-7-3-1-2-6-8(7)12-9(14)13-10(6)4-5-10/h1-3H,4-5H2,(H2,12,13,14). The van der Waals surface area contributed by atoms with Crippen LogP contribution in [0.5, 0.6) is 0 Å². The number of rotatable bonds is 0. The number of nitrogens with one attached hydrogen (secondary N) is 2. The molecular weight excluding hydrogens is 200 g/mol. The molecule has 1 aliphatic heterocycles. The van der Waals surface area contributed by atoms with Crippen LogP contribution in [0, 0.1) is 0 Å². The van der Waals surface area contributed by atoms with Crippen molar-refractivity contribution in [2.75, 3.05) is 5.32 Å². The van der Waals surface area contributed by atoms with Crippen molar-refractivity contribution in [2.45, 2.75) is 18.4 Å². The molecule has 0 atom stereocenters. The highest BCUT2D eigenvalue weighted by Gasteiger charge is 2.49. The number of urea groups is 1. The van der Waals surface area contributed by atoms with E-state index in [1.54, 1.807) is 6.07 Å². The second kappa shape index (κ2) is 2.42. The summed E-state index contributed by atoms with van der Waals surface area (Å²) in [5.41, 5.74) is 1.77. The van der Waals surface area contributed by atoms with Crippen molar-refractivity contribution in [1.82, 2.24) is 5.32 Å². The van der Waals surface area contributed by atoms with Crippen molar-refractivity contribution in [1.29, 1.82) is 0 Å². The first-order valence-corrected chi connectivity index (χ1v) is 4.97. The predicted molar refractivity (Wildman–Crippen MR) is 54.5 cm³/mol. The number of benzene rings is 1. The molecule has 1 spiro atoms. The highest BCUT2D eigenvalue weighted by molar-refractivity contribution is 6.34. The maximum Gasteiger partial charge on any atom is 0.319 e. The van der Waals surface area contributed by atoms with Gasteiger partial charge in [-0.15, -0.1) is 0 Å². The zero-order valence-electron chi connectivity index (χ0n) is 7.43. The Morgan fingerprint density at radius 2 is 2.14 bits per heavy atom. The average Bonchev–Trinajstić information content (AvgIpc) is 2.88. The molecular formula is C10H9ClN2O. The fourth-order valence-electron chi connectivity index (χ4n) is 2.00. The van der Waals surface area contributed by atoms with E-state index in [1.165, 1.54) is 0 Å². The maximum absolute atomic E-state index is 11.4. The summed E-state index contributed by atoms with van der Waals surface area (Å²) in [6.07, 6.45) is 2.02. The smallest absolute Gasteiger partial charge is 0.319 e. The van der Waals surface area contributed by atoms with Crippen LogP contribution in [0.25, 0.3) is 0 Å². The lowest BCUT2D eigenvalue weighted by Crippen LogP contribution is -2.43. The van der Waals surface area contributed by atoms with Crippen molar-refractivity contribution in [3.63, 3.8) is 0 Å². The van der Waals surface area contributed by atoms with Gasteiger partial charge in [-0.3, -0.25) is 0 Å². The molecule has 72 valence electrons. The minimum absolute atomic E-state index is 0.122. The van der Waals surface area contributed by atoms with Crippen LogP contribution in [0.15, 0.2) is 18.2 Å². The van der Waals surface area contributed by atoms with E-state index in [4.69, 9.17) is 11.6 Å². The lowest BCUT2D eigenvalue weighted by molar-refractivity contribution is 0.246. The molecule has 2 amide bonds. The molecule has 2 N–H and O–H groups in total. The van der Waals surface area contributed by atoms with Gasteiger partial charge in [0.15, 0.2) is 0 Å². The molecule has 4 heteroatoms. The van der Waals surface area contributed by atoms with E-state index in [0.29, 0.717) is 5.02 Å². The SMILES string of the molecule is O=C1Nc2c(Cl)cccc2C2(CC2)N1. The number of anilines is 1. The maximum atomic E-state index is 11.4. The van der Waals surface area contributed by atoms with Crippen LogP contribution in [-0.4, -0.2) is 6.03 Å². The molecule has 0 bridgehead atoms. The Labute approximate surface area is 86.4 Å². The van der Waals surface area contributed by atoms with Gasteiger partial charge < -0.3 is 10.6 Å². The fourth-order valence-corrected chi connectivity index (χ4v) is 2.22. The third-order valence-corrected chi connectivity index (χ3v) is 3.19. The van der Waals surface area contributed by atoms with Crippen molar-refractivity contribution < 1.29 is 4.79 Å². The Morgan fingerprint density at radius 1 is 1.36 bits per heavy atom. The lowest BCUT2D eigenvalue weighted by atomic mass is 10.0. The van der Waals surface area contributed by atoms with Crippen LogP contribution >= 0.6 is 11.6 Å². The number of fused-ring (bicyclic) bond motifs is 2. The second-order valence-corrected chi connectivity index (χ2v) is 4.23. The van der Waals surface area contributed by atoms with E-state index in [9.17, 15) is 4.79 Å². The van der Waals surface area contributed by atoms with Crippen molar-refractivity contribution in [2.24, 2.45) is 0 Å². The van der Waals surface area contributed by atoms with Crippen LogP contribution < -0.4 is 10.6 Å². The number of hydrogen-bond acceptors (Lipinski definition) is 1. The topological polar surface area (TPSA) is 41.1 Å². The van der Waals surface area contributed by atoms with Gasteiger partial charge in [0.2, 0.25) is 0 Å². The second-order valence-electron chi connectivity index (χ2n) is 3.82. The van der Waals surface area contributed by atoms with Crippen LogP contribution in [-0.2, 0) is 5.54 Å². The summed E-state index contributed by atoms with van der Waals surface area (Å²) in [4.78, 5) is 11.4. The molecule has 0 saturated heterocycles.